The molecule has 1 aliphatic heterocycles. The Morgan fingerprint density at radius 1 is 1.19 bits per heavy atom. The summed E-state index contributed by atoms with van der Waals surface area (Å²) in [6, 6.07) is 10.4. The van der Waals surface area contributed by atoms with Crippen molar-refractivity contribution in [1.82, 2.24) is 5.32 Å². The Kier molecular flexibility index (Phi) is 5.53. The van der Waals surface area contributed by atoms with E-state index in [9.17, 15) is 9.90 Å². The summed E-state index contributed by atoms with van der Waals surface area (Å²) in [5, 5.41) is 13.0. The number of aliphatic imine (C=N–C) groups is 1. The molecular weight excluding hydrogens is 420 g/mol. The summed E-state index contributed by atoms with van der Waals surface area (Å²) in [5.74, 6) is 0.854. The lowest BCUT2D eigenvalue weighted by Crippen LogP contribution is -2.19. The zero-order valence-electron chi connectivity index (χ0n) is 13.9. The lowest BCUT2D eigenvalue weighted by molar-refractivity contribution is -0.115. The molecule has 1 fully saturated rings. The number of nitrogens with zero attached hydrogens (tertiary/aromatic N) is 1. The Balaban J connectivity index is 1.85. The zero-order chi connectivity index (χ0) is 18.7. The van der Waals surface area contributed by atoms with Gasteiger partial charge in [0.15, 0.2) is 16.7 Å². The number of ether oxygens (including phenoxy) is 2. The first kappa shape index (κ1) is 18.3. The molecule has 0 spiro atoms. The molecule has 134 valence electrons. The van der Waals surface area contributed by atoms with Crippen molar-refractivity contribution >= 4 is 50.5 Å². The largest absolute Gasteiger partial charge is 0.504 e. The molecule has 6 nitrogen and oxygen atoms in total. The van der Waals surface area contributed by atoms with E-state index < -0.39 is 0 Å². The molecular formula is C18H15BrN2O4S. The highest BCUT2D eigenvalue weighted by atomic mass is 79.9. The van der Waals surface area contributed by atoms with E-state index >= 15 is 0 Å². The Hall–Kier alpha value is -2.45. The van der Waals surface area contributed by atoms with Crippen LogP contribution in [-0.2, 0) is 4.79 Å². The minimum atomic E-state index is -0.235. The summed E-state index contributed by atoms with van der Waals surface area (Å²) in [7, 11) is 3.07. The standard InChI is InChI=1S/C18H15BrN2O4S/c1-24-12-5-3-11(4-6-12)20-18-21-17(23)16(26-18)8-10-7-15(25-2)14(22)9-13(10)19/h3-9,22H,1-2H3,(H,20,21,23)/b16-8+. The molecule has 0 radical (unpaired) electrons. The minimum absolute atomic E-state index is 0.0202. The first-order chi connectivity index (χ1) is 12.5. The van der Waals surface area contributed by atoms with Gasteiger partial charge in [-0.05, 0) is 59.8 Å². The number of rotatable bonds is 4. The number of benzene rings is 2. The van der Waals surface area contributed by atoms with E-state index in [4.69, 9.17) is 9.47 Å². The highest BCUT2D eigenvalue weighted by Crippen LogP contribution is 2.36. The van der Waals surface area contributed by atoms with Gasteiger partial charge in [-0.15, -0.1) is 0 Å². The van der Waals surface area contributed by atoms with E-state index in [2.05, 4.69) is 26.2 Å². The molecule has 1 saturated heterocycles. The maximum absolute atomic E-state index is 12.2. The molecule has 0 aliphatic carbocycles. The third-order valence-electron chi connectivity index (χ3n) is 3.54. The molecule has 2 N–H and O–H groups in total. The molecule has 1 aliphatic rings. The molecule has 2 aromatic rings. The number of methoxy groups -OCH3 is 2. The Morgan fingerprint density at radius 2 is 1.92 bits per heavy atom. The van der Waals surface area contributed by atoms with Crippen LogP contribution in [0.3, 0.4) is 0 Å². The summed E-state index contributed by atoms with van der Waals surface area (Å²) < 4.78 is 10.9. The van der Waals surface area contributed by atoms with Crippen LogP contribution < -0.4 is 14.8 Å². The van der Waals surface area contributed by atoms with Gasteiger partial charge in [0.05, 0.1) is 24.8 Å². The van der Waals surface area contributed by atoms with E-state index in [1.807, 2.05) is 12.1 Å². The third kappa shape index (κ3) is 4.03. The Morgan fingerprint density at radius 3 is 2.58 bits per heavy atom. The second-order valence-corrected chi connectivity index (χ2v) is 7.11. The summed E-state index contributed by atoms with van der Waals surface area (Å²) in [4.78, 5) is 17.1. The number of hydrogen-bond donors (Lipinski definition) is 2. The van der Waals surface area contributed by atoms with Gasteiger partial charge in [-0.1, -0.05) is 15.9 Å². The fraction of sp³-hybridized carbons (Fsp3) is 0.111. The summed E-state index contributed by atoms with van der Waals surface area (Å²) in [5.41, 5.74) is 1.42. The van der Waals surface area contributed by atoms with Crippen LogP contribution in [0, 0.1) is 0 Å². The van der Waals surface area contributed by atoms with Crippen LogP contribution in [-0.4, -0.2) is 30.4 Å². The van der Waals surface area contributed by atoms with Crippen LogP contribution in [0.25, 0.3) is 6.08 Å². The zero-order valence-corrected chi connectivity index (χ0v) is 16.3. The Bertz CT molecular complexity index is 910. The average Bonchev–Trinajstić information content (AvgIpc) is 2.97. The van der Waals surface area contributed by atoms with Crippen LogP contribution in [0.4, 0.5) is 5.69 Å². The molecule has 2 aromatic carbocycles. The van der Waals surface area contributed by atoms with Crippen molar-refractivity contribution < 1.29 is 19.4 Å². The molecule has 26 heavy (non-hydrogen) atoms. The predicted molar refractivity (Wildman–Crippen MR) is 106 cm³/mol. The quantitative estimate of drug-likeness (QED) is 0.709. The predicted octanol–water partition coefficient (Wildman–Crippen LogP) is 4.06. The third-order valence-corrected chi connectivity index (χ3v) is 5.14. The number of carbonyl (C=O) groups is 1. The van der Waals surface area contributed by atoms with Gasteiger partial charge in [-0.3, -0.25) is 4.79 Å². The maximum atomic E-state index is 12.2. The lowest BCUT2D eigenvalue weighted by atomic mass is 10.2. The van der Waals surface area contributed by atoms with Crippen LogP contribution in [0.2, 0.25) is 0 Å². The highest BCUT2D eigenvalue weighted by molar-refractivity contribution is 9.10. The van der Waals surface area contributed by atoms with Crippen LogP contribution >= 0.6 is 27.7 Å². The SMILES string of the molecule is COc1ccc(N=C2NC(=O)/C(=C\c3cc(OC)c(O)cc3Br)S2)cc1. The van der Waals surface area contributed by atoms with Crippen molar-refractivity contribution in [1.29, 1.82) is 0 Å². The van der Waals surface area contributed by atoms with Crippen molar-refractivity contribution in [2.45, 2.75) is 0 Å². The smallest absolute Gasteiger partial charge is 0.264 e. The number of amides is 1. The number of amidine groups is 1. The second kappa shape index (κ2) is 7.84. The maximum Gasteiger partial charge on any atom is 0.264 e. The first-order valence-corrected chi connectivity index (χ1v) is 9.11. The summed E-state index contributed by atoms with van der Waals surface area (Å²) >= 11 is 4.62. The van der Waals surface area contributed by atoms with Crippen molar-refractivity contribution in [2.75, 3.05) is 14.2 Å². The van der Waals surface area contributed by atoms with Crippen molar-refractivity contribution in [2.24, 2.45) is 4.99 Å². The minimum Gasteiger partial charge on any atom is -0.504 e. The fourth-order valence-electron chi connectivity index (χ4n) is 2.23. The number of thioether (sulfide) groups is 1. The fourth-order valence-corrected chi connectivity index (χ4v) is 3.51. The van der Waals surface area contributed by atoms with Crippen molar-refractivity contribution in [3.8, 4) is 17.2 Å². The summed E-state index contributed by atoms with van der Waals surface area (Å²) in [6.45, 7) is 0. The van der Waals surface area contributed by atoms with Gasteiger partial charge in [0.25, 0.3) is 5.91 Å². The van der Waals surface area contributed by atoms with Gasteiger partial charge >= 0.3 is 0 Å². The molecule has 0 saturated carbocycles. The van der Waals surface area contributed by atoms with E-state index in [1.165, 1.54) is 24.9 Å². The number of carbonyl (C=O) groups excluding carboxylic acids is 1. The van der Waals surface area contributed by atoms with Crippen LogP contribution in [0.5, 0.6) is 17.2 Å². The van der Waals surface area contributed by atoms with Gasteiger partial charge in [-0.2, -0.15) is 0 Å². The Labute approximate surface area is 163 Å². The number of hydrogen-bond acceptors (Lipinski definition) is 6. The van der Waals surface area contributed by atoms with Crippen LogP contribution in [0.15, 0.2) is 50.8 Å². The molecule has 3 rings (SSSR count). The lowest BCUT2D eigenvalue weighted by Gasteiger charge is -2.06. The molecule has 0 atom stereocenters. The molecule has 1 heterocycles. The molecule has 0 bridgehead atoms. The molecule has 8 heteroatoms. The van der Waals surface area contributed by atoms with E-state index in [-0.39, 0.29) is 11.7 Å². The average molecular weight is 435 g/mol. The van der Waals surface area contributed by atoms with Gasteiger partial charge in [0.2, 0.25) is 0 Å². The van der Waals surface area contributed by atoms with E-state index in [1.54, 1.807) is 31.4 Å². The van der Waals surface area contributed by atoms with Crippen molar-refractivity contribution in [3.05, 3.63) is 51.3 Å². The van der Waals surface area contributed by atoms with E-state index in [0.717, 1.165) is 5.75 Å². The number of phenolic OH excluding ortho intramolecular Hbond substituents is 1. The second-order valence-electron chi connectivity index (χ2n) is 5.23. The molecule has 0 aromatic heterocycles. The summed E-state index contributed by atoms with van der Waals surface area (Å²) in [6.07, 6.45) is 1.71. The topological polar surface area (TPSA) is 80.2 Å². The first-order valence-electron chi connectivity index (χ1n) is 7.50. The van der Waals surface area contributed by atoms with Gasteiger partial charge in [0.1, 0.15) is 5.75 Å². The van der Waals surface area contributed by atoms with Crippen molar-refractivity contribution in [3.63, 3.8) is 0 Å². The molecule has 1 amide bonds. The number of halogens is 1. The monoisotopic (exact) mass is 434 g/mol. The van der Waals surface area contributed by atoms with Gasteiger partial charge in [0, 0.05) is 4.47 Å². The van der Waals surface area contributed by atoms with Gasteiger partial charge < -0.3 is 19.9 Å². The van der Waals surface area contributed by atoms with E-state index in [0.29, 0.717) is 31.5 Å². The van der Waals surface area contributed by atoms with Gasteiger partial charge in [-0.25, -0.2) is 4.99 Å². The number of aromatic hydroxyl groups is 1. The normalized spacial score (nSPS) is 16.8. The van der Waals surface area contributed by atoms with Crippen LogP contribution in [0.1, 0.15) is 5.56 Å². The highest BCUT2D eigenvalue weighted by Gasteiger charge is 2.24. The molecule has 0 unspecified atom stereocenters. The number of nitrogens with one attached hydrogen (secondary N) is 1. The number of phenols is 1.